The number of nitrogens with one attached hydrogen (secondary N) is 2. The van der Waals surface area contributed by atoms with Crippen LogP contribution in [0.5, 0.6) is 11.5 Å². The predicted molar refractivity (Wildman–Crippen MR) is 134 cm³/mol. The van der Waals surface area contributed by atoms with Crippen molar-refractivity contribution in [2.75, 3.05) is 24.4 Å². The van der Waals surface area contributed by atoms with Crippen molar-refractivity contribution in [2.24, 2.45) is 5.92 Å². The van der Waals surface area contributed by atoms with Crippen molar-refractivity contribution in [1.82, 2.24) is 4.90 Å². The van der Waals surface area contributed by atoms with Crippen LogP contribution in [0.4, 0.5) is 16.2 Å². The lowest BCUT2D eigenvalue weighted by Gasteiger charge is -2.39. The summed E-state index contributed by atoms with van der Waals surface area (Å²) in [5.41, 5.74) is 4.88. The van der Waals surface area contributed by atoms with Crippen LogP contribution in [-0.2, 0) is 11.3 Å². The third-order valence-corrected chi connectivity index (χ3v) is 6.93. The van der Waals surface area contributed by atoms with Gasteiger partial charge >= 0.3 is 6.03 Å². The lowest BCUT2D eigenvalue weighted by atomic mass is 9.84. The fraction of sp³-hybridized carbons (Fsp3) is 0.481. The molecule has 7 nitrogen and oxygen atoms in total. The summed E-state index contributed by atoms with van der Waals surface area (Å²) in [5, 5.41) is 6.10. The van der Waals surface area contributed by atoms with E-state index in [-0.39, 0.29) is 23.9 Å². The number of nitrogens with zero attached hydrogens (tertiary/aromatic N) is 1. The molecule has 2 aliphatic rings. The lowest BCUT2D eigenvalue weighted by Crippen LogP contribution is -2.47. The van der Waals surface area contributed by atoms with Gasteiger partial charge in [0.25, 0.3) is 0 Å². The third kappa shape index (κ3) is 5.13. The molecule has 2 aromatic carbocycles. The fourth-order valence-electron chi connectivity index (χ4n) is 4.92. The molecule has 7 heteroatoms. The number of methoxy groups -OCH3 is 1. The summed E-state index contributed by atoms with van der Waals surface area (Å²) in [4.78, 5) is 27.7. The van der Waals surface area contributed by atoms with Gasteiger partial charge < -0.3 is 25.0 Å². The van der Waals surface area contributed by atoms with Crippen molar-refractivity contribution < 1.29 is 19.1 Å². The van der Waals surface area contributed by atoms with Gasteiger partial charge in [0.2, 0.25) is 5.91 Å². The van der Waals surface area contributed by atoms with Gasteiger partial charge in [0, 0.05) is 29.8 Å². The Bertz CT molecular complexity index is 1060. The Kier molecular flexibility index (Phi) is 7.29. The molecule has 1 fully saturated rings. The number of carbonyl (C=O) groups is 2. The summed E-state index contributed by atoms with van der Waals surface area (Å²) in [7, 11) is 1.63. The smallest absolute Gasteiger partial charge is 0.322 e. The van der Waals surface area contributed by atoms with Gasteiger partial charge in [-0.05, 0) is 74.8 Å². The molecular formula is C27H35N3O4. The van der Waals surface area contributed by atoms with Crippen LogP contribution < -0.4 is 20.1 Å². The van der Waals surface area contributed by atoms with E-state index in [0.29, 0.717) is 13.2 Å². The molecule has 1 aliphatic heterocycles. The lowest BCUT2D eigenvalue weighted by molar-refractivity contribution is -0.121. The Morgan fingerprint density at radius 1 is 1.12 bits per heavy atom. The number of fused-ring (bicyclic) bond motifs is 1. The first kappa shape index (κ1) is 23.9. The number of urea groups is 1. The molecule has 4 rings (SSSR count). The molecule has 0 atom stereocenters. The van der Waals surface area contributed by atoms with Gasteiger partial charge in [-0.1, -0.05) is 13.0 Å². The van der Waals surface area contributed by atoms with E-state index in [2.05, 4.69) is 24.5 Å². The zero-order valence-corrected chi connectivity index (χ0v) is 20.6. The van der Waals surface area contributed by atoms with E-state index in [1.165, 1.54) is 0 Å². The summed E-state index contributed by atoms with van der Waals surface area (Å²) in [6, 6.07) is 9.73. The fourth-order valence-corrected chi connectivity index (χ4v) is 4.92. The molecule has 0 bridgehead atoms. The standard InChI is InChI=1S/C27H35N3O4/c1-5-12-34-22-13-18(3)23-16-30(27(32)29-24(23)15-22)21-10-7-19(8-11-21)26(31)28-20-9-6-17(2)25(14-20)33-4/h6,9,13-15,19,21H,5,7-8,10-12,16H2,1-4H3,(H,28,31)(H,29,32). The topological polar surface area (TPSA) is 79.9 Å². The van der Waals surface area contributed by atoms with Crippen LogP contribution >= 0.6 is 0 Å². The number of carbonyl (C=O) groups excluding carboxylic acids is 2. The highest BCUT2D eigenvalue weighted by molar-refractivity contribution is 5.94. The Morgan fingerprint density at radius 3 is 2.59 bits per heavy atom. The number of benzene rings is 2. The largest absolute Gasteiger partial charge is 0.496 e. The van der Waals surface area contributed by atoms with E-state index in [1.807, 2.05) is 42.2 Å². The number of anilines is 2. The molecule has 2 N–H and O–H groups in total. The van der Waals surface area contributed by atoms with Gasteiger partial charge in [-0.15, -0.1) is 0 Å². The van der Waals surface area contributed by atoms with Crippen LogP contribution in [-0.4, -0.2) is 36.6 Å². The van der Waals surface area contributed by atoms with Gasteiger partial charge in [0.1, 0.15) is 11.5 Å². The Morgan fingerprint density at radius 2 is 1.88 bits per heavy atom. The van der Waals surface area contributed by atoms with Gasteiger partial charge in [0.15, 0.2) is 0 Å². The first-order valence-electron chi connectivity index (χ1n) is 12.2. The molecule has 0 radical (unpaired) electrons. The van der Waals surface area contributed by atoms with Crippen molar-refractivity contribution in [1.29, 1.82) is 0 Å². The maximum absolute atomic E-state index is 12.9. The van der Waals surface area contributed by atoms with Gasteiger partial charge in [-0.3, -0.25) is 4.79 Å². The summed E-state index contributed by atoms with van der Waals surface area (Å²) < 4.78 is 11.1. The van der Waals surface area contributed by atoms with Crippen molar-refractivity contribution in [3.05, 3.63) is 47.0 Å². The normalized spacial score (nSPS) is 19.8. The highest BCUT2D eigenvalue weighted by Gasteiger charge is 2.34. The van der Waals surface area contributed by atoms with Crippen molar-refractivity contribution in [2.45, 2.75) is 65.5 Å². The first-order chi connectivity index (χ1) is 16.4. The van der Waals surface area contributed by atoms with Crippen molar-refractivity contribution in [3.8, 4) is 11.5 Å². The number of hydrogen-bond donors (Lipinski definition) is 2. The minimum atomic E-state index is -0.0702. The molecule has 0 aromatic heterocycles. The Hall–Kier alpha value is -3.22. The van der Waals surface area contributed by atoms with Crippen LogP contribution in [0.15, 0.2) is 30.3 Å². The van der Waals surface area contributed by atoms with Gasteiger partial charge in [-0.25, -0.2) is 4.79 Å². The van der Waals surface area contributed by atoms with E-state index >= 15 is 0 Å². The summed E-state index contributed by atoms with van der Waals surface area (Å²) >= 11 is 0. The molecule has 0 spiro atoms. The van der Waals surface area contributed by atoms with Crippen LogP contribution in [0.1, 0.15) is 55.7 Å². The zero-order valence-electron chi connectivity index (χ0n) is 20.6. The Labute approximate surface area is 201 Å². The summed E-state index contributed by atoms with van der Waals surface area (Å²) in [6.07, 6.45) is 4.09. The SMILES string of the molecule is CCCOc1cc(C)c2c(c1)NC(=O)N(C1CCC(C(=O)Nc3ccc(C)c(OC)c3)CC1)C2. The first-order valence-corrected chi connectivity index (χ1v) is 12.2. The second kappa shape index (κ2) is 10.4. The van der Waals surface area contributed by atoms with E-state index < -0.39 is 0 Å². The number of aryl methyl sites for hydroxylation is 2. The molecule has 34 heavy (non-hydrogen) atoms. The van der Waals surface area contributed by atoms with Crippen LogP contribution in [0.2, 0.25) is 0 Å². The second-order valence-corrected chi connectivity index (χ2v) is 9.35. The third-order valence-electron chi connectivity index (χ3n) is 6.93. The molecule has 0 saturated heterocycles. The van der Waals surface area contributed by atoms with E-state index in [4.69, 9.17) is 9.47 Å². The van der Waals surface area contributed by atoms with Crippen molar-refractivity contribution >= 4 is 23.3 Å². The maximum atomic E-state index is 12.9. The number of ether oxygens (including phenoxy) is 2. The van der Waals surface area contributed by atoms with Crippen LogP contribution in [0.25, 0.3) is 0 Å². The monoisotopic (exact) mass is 465 g/mol. The van der Waals surface area contributed by atoms with Crippen molar-refractivity contribution in [3.63, 3.8) is 0 Å². The molecule has 1 heterocycles. The van der Waals surface area contributed by atoms with E-state index in [1.54, 1.807) is 7.11 Å². The molecule has 1 aliphatic carbocycles. The minimum absolute atomic E-state index is 0.0354. The minimum Gasteiger partial charge on any atom is -0.496 e. The number of rotatable bonds is 7. The molecule has 0 unspecified atom stereocenters. The summed E-state index contributed by atoms with van der Waals surface area (Å²) in [6.45, 7) is 7.36. The quantitative estimate of drug-likeness (QED) is 0.554. The Balaban J connectivity index is 1.36. The average molecular weight is 466 g/mol. The van der Waals surface area contributed by atoms with Crippen LogP contribution in [0, 0.1) is 19.8 Å². The molecule has 3 amide bonds. The number of amides is 3. The van der Waals surface area contributed by atoms with E-state index in [0.717, 1.165) is 71.7 Å². The van der Waals surface area contributed by atoms with E-state index in [9.17, 15) is 9.59 Å². The number of hydrogen-bond acceptors (Lipinski definition) is 4. The van der Waals surface area contributed by atoms with Gasteiger partial charge in [0.05, 0.1) is 25.9 Å². The highest BCUT2D eigenvalue weighted by atomic mass is 16.5. The second-order valence-electron chi connectivity index (χ2n) is 9.35. The molecule has 1 saturated carbocycles. The predicted octanol–water partition coefficient (Wildman–Crippen LogP) is 5.65. The highest BCUT2D eigenvalue weighted by Crippen LogP contribution is 2.36. The maximum Gasteiger partial charge on any atom is 0.322 e. The van der Waals surface area contributed by atoms with Crippen LogP contribution in [0.3, 0.4) is 0 Å². The summed E-state index contributed by atoms with van der Waals surface area (Å²) in [5.74, 6) is 1.54. The average Bonchev–Trinajstić information content (AvgIpc) is 2.83. The molecular weight excluding hydrogens is 430 g/mol. The molecule has 2 aromatic rings. The van der Waals surface area contributed by atoms with Gasteiger partial charge in [-0.2, -0.15) is 0 Å². The zero-order chi connectivity index (χ0) is 24.2. The molecule has 182 valence electrons.